The first-order chi connectivity index (χ1) is 9.41. The molecule has 2 aromatic rings. The fourth-order valence-corrected chi connectivity index (χ4v) is 2.69. The average molecular weight is 312 g/mol. The van der Waals surface area contributed by atoms with E-state index in [1.807, 2.05) is 0 Å². The standard InChI is InChI=1S/C14H14N2O3S.Na/c15-12-9-5-4-8-11(12)13(16)14(20(17,18)19)10-6-2-1-3-7-10;/h1-9H,15-16H2,(H,17,18,19);/q;+1/p-1. The van der Waals surface area contributed by atoms with Crippen LogP contribution in [0.5, 0.6) is 0 Å². The van der Waals surface area contributed by atoms with E-state index in [2.05, 4.69) is 0 Å². The predicted octanol–water partition coefficient (Wildman–Crippen LogP) is -1.40. The van der Waals surface area contributed by atoms with Crippen molar-refractivity contribution in [3.63, 3.8) is 0 Å². The zero-order valence-corrected chi connectivity index (χ0v) is 14.3. The summed E-state index contributed by atoms with van der Waals surface area (Å²) in [6.07, 6.45) is 0. The summed E-state index contributed by atoms with van der Waals surface area (Å²) >= 11 is 0. The molecular weight excluding hydrogens is 299 g/mol. The second-order valence-corrected chi connectivity index (χ2v) is 5.47. The molecule has 0 spiro atoms. The van der Waals surface area contributed by atoms with Crippen LogP contribution in [0.2, 0.25) is 0 Å². The Morgan fingerprint density at radius 2 is 1.48 bits per heavy atom. The number of hydrogen-bond acceptors (Lipinski definition) is 5. The Morgan fingerprint density at radius 3 is 2.00 bits per heavy atom. The third-order valence-electron chi connectivity index (χ3n) is 2.78. The SMILES string of the molecule is NC(=C(c1ccccc1)S(=O)(=O)[O-])c1ccccc1N.[Na+]. The zero-order valence-electron chi connectivity index (χ0n) is 11.5. The first-order valence-electron chi connectivity index (χ1n) is 5.77. The van der Waals surface area contributed by atoms with E-state index in [-0.39, 0.29) is 40.8 Å². The van der Waals surface area contributed by atoms with Gasteiger partial charge in [0.05, 0.1) is 10.6 Å². The van der Waals surface area contributed by atoms with Gasteiger partial charge in [0, 0.05) is 11.3 Å². The summed E-state index contributed by atoms with van der Waals surface area (Å²) in [5, 5.41) is 0. The summed E-state index contributed by atoms with van der Waals surface area (Å²) < 4.78 is 34.6. The van der Waals surface area contributed by atoms with Crippen LogP contribution < -0.4 is 41.0 Å². The van der Waals surface area contributed by atoms with Crippen molar-refractivity contribution < 1.29 is 42.5 Å². The third kappa shape index (κ3) is 4.09. The van der Waals surface area contributed by atoms with Gasteiger partial charge in [-0.25, -0.2) is 8.42 Å². The van der Waals surface area contributed by atoms with Crippen LogP contribution in [0, 0.1) is 0 Å². The van der Waals surface area contributed by atoms with Gasteiger partial charge in [-0.2, -0.15) is 0 Å². The summed E-state index contributed by atoms with van der Waals surface area (Å²) in [4.78, 5) is -0.462. The van der Waals surface area contributed by atoms with Crippen LogP contribution in [0.4, 0.5) is 5.69 Å². The van der Waals surface area contributed by atoms with Crippen LogP contribution in [0.1, 0.15) is 11.1 Å². The van der Waals surface area contributed by atoms with Crippen molar-refractivity contribution in [2.24, 2.45) is 5.73 Å². The van der Waals surface area contributed by atoms with E-state index in [0.29, 0.717) is 11.3 Å². The number of nitrogens with two attached hydrogens (primary N) is 2. The number of anilines is 1. The Morgan fingerprint density at radius 1 is 0.952 bits per heavy atom. The van der Waals surface area contributed by atoms with Gasteiger partial charge in [0.2, 0.25) is 0 Å². The summed E-state index contributed by atoms with van der Waals surface area (Å²) in [7, 11) is -4.73. The molecule has 0 aliphatic rings. The van der Waals surface area contributed by atoms with Crippen LogP contribution in [-0.2, 0) is 10.1 Å². The second kappa shape index (κ2) is 7.11. The van der Waals surface area contributed by atoms with E-state index in [0.717, 1.165) is 0 Å². The minimum Gasteiger partial charge on any atom is -0.744 e. The van der Waals surface area contributed by atoms with Gasteiger partial charge in [-0.05, 0) is 11.6 Å². The number of rotatable bonds is 3. The summed E-state index contributed by atoms with van der Waals surface area (Å²) in [6.45, 7) is 0. The van der Waals surface area contributed by atoms with Gasteiger partial charge in [-0.15, -0.1) is 0 Å². The van der Waals surface area contributed by atoms with Gasteiger partial charge >= 0.3 is 29.6 Å². The second-order valence-electron chi connectivity index (χ2n) is 4.15. The average Bonchev–Trinajstić information content (AvgIpc) is 2.39. The van der Waals surface area contributed by atoms with Crippen LogP contribution in [0.15, 0.2) is 54.6 Å². The molecule has 0 heterocycles. The Bertz CT molecular complexity index is 759. The van der Waals surface area contributed by atoms with Crippen LogP contribution in [-0.4, -0.2) is 13.0 Å². The molecule has 0 aromatic heterocycles. The molecule has 2 aromatic carbocycles. The van der Waals surface area contributed by atoms with Crippen LogP contribution in [0.3, 0.4) is 0 Å². The molecule has 0 atom stereocenters. The molecule has 21 heavy (non-hydrogen) atoms. The molecule has 0 saturated carbocycles. The van der Waals surface area contributed by atoms with E-state index in [1.165, 1.54) is 12.1 Å². The Kier molecular flexibility index (Phi) is 6.00. The first-order valence-corrected chi connectivity index (χ1v) is 7.18. The molecule has 4 N–H and O–H groups in total. The minimum atomic E-state index is -4.73. The van der Waals surface area contributed by atoms with Gasteiger partial charge in [-0.3, -0.25) is 0 Å². The van der Waals surface area contributed by atoms with Crippen molar-refractivity contribution in [1.82, 2.24) is 0 Å². The molecule has 2 rings (SSSR count). The first kappa shape index (κ1) is 17.7. The van der Waals surface area contributed by atoms with Gasteiger partial charge < -0.3 is 16.0 Å². The van der Waals surface area contributed by atoms with Gasteiger partial charge in [0.15, 0.2) is 0 Å². The molecule has 104 valence electrons. The molecule has 0 bridgehead atoms. The van der Waals surface area contributed by atoms with Crippen molar-refractivity contribution in [3.8, 4) is 0 Å². The van der Waals surface area contributed by atoms with Crippen LogP contribution in [0.25, 0.3) is 10.6 Å². The van der Waals surface area contributed by atoms with Crippen molar-refractivity contribution in [2.45, 2.75) is 0 Å². The maximum atomic E-state index is 11.5. The molecule has 0 saturated heterocycles. The number of para-hydroxylation sites is 1. The molecule has 5 nitrogen and oxygen atoms in total. The van der Waals surface area contributed by atoms with E-state index in [4.69, 9.17) is 11.5 Å². The minimum absolute atomic E-state index is 0. The van der Waals surface area contributed by atoms with Crippen molar-refractivity contribution in [1.29, 1.82) is 0 Å². The van der Waals surface area contributed by atoms with Crippen LogP contribution >= 0.6 is 0 Å². The number of nitrogen functional groups attached to an aromatic ring is 1. The maximum absolute atomic E-state index is 11.5. The molecule has 0 aliphatic carbocycles. The summed E-state index contributed by atoms with van der Waals surface area (Å²) in [5.41, 5.74) is 12.4. The molecule has 0 unspecified atom stereocenters. The van der Waals surface area contributed by atoms with E-state index in [9.17, 15) is 13.0 Å². The molecule has 0 radical (unpaired) electrons. The predicted molar refractivity (Wildman–Crippen MR) is 78.0 cm³/mol. The number of hydrogen-bond donors (Lipinski definition) is 2. The maximum Gasteiger partial charge on any atom is 1.00 e. The number of benzene rings is 2. The molecule has 0 fully saturated rings. The Hall–Kier alpha value is -1.31. The normalized spacial score (nSPS) is 12.2. The monoisotopic (exact) mass is 312 g/mol. The quantitative estimate of drug-likeness (QED) is 0.314. The van der Waals surface area contributed by atoms with Gasteiger partial charge in [0.25, 0.3) is 0 Å². The molecule has 0 aliphatic heterocycles. The smallest absolute Gasteiger partial charge is 0.744 e. The van der Waals surface area contributed by atoms with Crippen molar-refractivity contribution >= 4 is 26.4 Å². The Labute approximate surface area is 145 Å². The van der Waals surface area contributed by atoms with Crippen molar-refractivity contribution in [2.75, 3.05) is 5.73 Å². The molecular formula is C14H13N2NaO3S. The fraction of sp³-hybridized carbons (Fsp3) is 0. The summed E-state index contributed by atoms with van der Waals surface area (Å²) in [5.74, 6) is 0. The van der Waals surface area contributed by atoms with Crippen molar-refractivity contribution in [3.05, 3.63) is 65.7 Å². The summed E-state index contributed by atoms with van der Waals surface area (Å²) in [6, 6.07) is 14.5. The van der Waals surface area contributed by atoms with E-state index < -0.39 is 15.0 Å². The van der Waals surface area contributed by atoms with Gasteiger partial charge in [-0.1, -0.05) is 48.5 Å². The van der Waals surface area contributed by atoms with E-state index >= 15 is 0 Å². The topological polar surface area (TPSA) is 109 Å². The fourth-order valence-electron chi connectivity index (χ4n) is 1.89. The Balaban J connectivity index is 0.00000220. The van der Waals surface area contributed by atoms with Gasteiger partial charge in [0.1, 0.15) is 10.1 Å². The third-order valence-corrected chi connectivity index (χ3v) is 3.74. The zero-order chi connectivity index (χ0) is 14.8. The molecule has 7 heteroatoms. The largest absolute Gasteiger partial charge is 1.00 e. The van der Waals surface area contributed by atoms with E-state index in [1.54, 1.807) is 42.5 Å². The molecule has 0 amide bonds.